The Kier molecular flexibility index (Phi) is 5.42. The molecule has 1 fully saturated rings. The number of benzene rings is 2. The normalized spacial score (nSPS) is 25.3. The van der Waals surface area contributed by atoms with Gasteiger partial charge in [-0.1, -0.05) is 65.8 Å². The number of fused-ring (bicyclic) bond motifs is 1. The minimum Gasteiger partial charge on any atom is -0.343 e. The molecule has 1 saturated carbocycles. The van der Waals surface area contributed by atoms with Crippen molar-refractivity contribution in [2.75, 3.05) is 5.32 Å². The molecule has 0 spiro atoms. The highest BCUT2D eigenvalue weighted by atomic mass is 35.5. The predicted molar refractivity (Wildman–Crippen MR) is 111 cm³/mol. The van der Waals surface area contributed by atoms with Crippen molar-refractivity contribution in [3.63, 3.8) is 0 Å². The van der Waals surface area contributed by atoms with Gasteiger partial charge in [-0.2, -0.15) is 0 Å². The maximum absolute atomic E-state index is 6.42. The van der Waals surface area contributed by atoms with Gasteiger partial charge in [-0.15, -0.1) is 0 Å². The number of rotatable bonds is 2. The highest BCUT2D eigenvalue weighted by Crippen LogP contribution is 2.36. The smallest absolute Gasteiger partial charge is 0.129 e. The van der Waals surface area contributed by atoms with Gasteiger partial charge in [-0.25, -0.2) is 4.99 Å². The molecule has 3 atom stereocenters. The molecule has 2 aromatic rings. The molecular formula is C20H20Cl3N3. The van der Waals surface area contributed by atoms with Crippen LogP contribution in [0, 0.1) is 5.92 Å². The van der Waals surface area contributed by atoms with E-state index in [4.69, 9.17) is 39.8 Å². The van der Waals surface area contributed by atoms with E-state index in [1.54, 1.807) is 6.07 Å². The van der Waals surface area contributed by atoms with Crippen molar-refractivity contribution in [1.82, 2.24) is 5.32 Å². The Hall–Kier alpha value is -1.26. The first-order valence-corrected chi connectivity index (χ1v) is 10.1. The quantitative estimate of drug-likeness (QED) is 0.610. The fourth-order valence-electron chi connectivity index (χ4n) is 3.84. The number of amidine groups is 1. The summed E-state index contributed by atoms with van der Waals surface area (Å²) < 4.78 is 0. The molecule has 136 valence electrons. The van der Waals surface area contributed by atoms with Crippen molar-refractivity contribution >= 4 is 46.3 Å². The van der Waals surface area contributed by atoms with Gasteiger partial charge in [0.2, 0.25) is 0 Å². The number of aliphatic imine (C=N–C) groups is 1. The molecular weight excluding hydrogens is 389 g/mol. The van der Waals surface area contributed by atoms with E-state index in [2.05, 4.69) is 10.6 Å². The molecule has 4 rings (SSSR count). The van der Waals surface area contributed by atoms with Gasteiger partial charge in [0, 0.05) is 27.6 Å². The first kappa shape index (κ1) is 18.1. The second kappa shape index (κ2) is 7.77. The Morgan fingerprint density at radius 2 is 1.77 bits per heavy atom. The summed E-state index contributed by atoms with van der Waals surface area (Å²) in [6, 6.07) is 13.7. The third kappa shape index (κ3) is 3.72. The molecule has 3 unspecified atom stereocenters. The van der Waals surface area contributed by atoms with Gasteiger partial charge in [0.1, 0.15) is 12.0 Å². The van der Waals surface area contributed by atoms with Gasteiger partial charge >= 0.3 is 0 Å². The lowest BCUT2D eigenvalue weighted by molar-refractivity contribution is 0.279. The molecule has 26 heavy (non-hydrogen) atoms. The lowest BCUT2D eigenvalue weighted by atomic mass is 9.82. The van der Waals surface area contributed by atoms with Crippen molar-refractivity contribution in [3.8, 4) is 0 Å². The van der Waals surface area contributed by atoms with Gasteiger partial charge < -0.3 is 5.32 Å². The van der Waals surface area contributed by atoms with Crippen molar-refractivity contribution in [2.24, 2.45) is 10.9 Å². The largest absolute Gasteiger partial charge is 0.343 e. The van der Waals surface area contributed by atoms with Crippen LogP contribution in [0.15, 0.2) is 47.5 Å². The molecule has 1 aliphatic heterocycles. The van der Waals surface area contributed by atoms with E-state index in [0.717, 1.165) is 35.0 Å². The van der Waals surface area contributed by atoms with E-state index in [-0.39, 0.29) is 6.17 Å². The van der Waals surface area contributed by atoms with Crippen LogP contribution in [0.1, 0.15) is 37.4 Å². The van der Waals surface area contributed by atoms with Gasteiger partial charge in [0.05, 0.1) is 10.7 Å². The number of nitrogens with one attached hydrogen (secondary N) is 2. The maximum Gasteiger partial charge on any atom is 0.129 e. The lowest BCUT2D eigenvalue weighted by Gasteiger charge is -2.40. The summed E-state index contributed by atoms with van der Waals surface area (Å²) in [5.74, 6) is 1.33. The van der Waals surface area contributed by atoms with Crippen LogP contribution in [0.2, 0.25) is 15.1 Å². The molecule has 2 N–H and O–H groups in total. The van der Waals surface area contributed by atoms with Crippen LogP contribution in [0.5, 0.6) is 0 Å². The standard InChI is InChI=1S/C20H20Cl3N3/c21-12-9-10-18(16(23)11-12)25-20-14-6-2-4-8-17(14)24-19(26-20)13-5-1-3-7-15(13)22/h1,3,5,7,9-11,14,17,19,24H,2,4,6,8H2,(H,25,26). The Bertz CT molecular complexity index is 837. The van der Waals surface area contributed by atoms with E-state index < -0.39 is 0 Å². The third-order valence-electron chi connectivity index (χ3n) is 5.15. The van der Waals surface area contributed by atoms with Gasteiger partial charge in [0.15, 0.2) is 0 Å². The summed E-state index contributed by atoms with van der Waals surface area (Å²) in [6.07, 6.45) is 4.55. The average molecular weight is 409 g/mol. The molecule has 1 aliphatic carbocycles. The summed E-state index contributed by atoms with van der Waals surface area (Å²) in [5, 5.41) is 9.11. The summed E-state index contributed by atoms with van der Waals surface area (Å²) in [5.41, 5.74) is 1.83. The summed E-state index contributed by atoms with van der Waals surface area (Å²) >= 11 is 18.8. The first-order chi connectivity index (χ1) is 12.6. The van der Waals surface area contributed by atoms with Gasteiger partial charge in [0.25, 0.3) is 0 Å². The minimum absolute atomic E-state index is 0.156. The van der Waals surface area contributed by atoms with Crippen molar-refractivity contribution < 1.29 is 0 Å². The molecule has 2 aliphatic rings. The first-order valence-electron chi connectivity index (χ1n) is 8.92. The fourth-order valence-corrected chi connectivity index (χ4v) is 4.54. The molecule has 0 saturated heterocycles. The van der Waals surface area contributed by atoms with Crippen LogP contribution < -0.4 is 10.6 Å². The zero-order valence-electron chi connectivity index (χ0n) is 14.2. The molecule has 1 heterocycles. The molecule has 0 amide bonds. The zero-order chi connectivity index (χ0) is 18.1. The van der Waals surface area contributed by atoms with Gasteiger partial charge in [-0.05, 0) is 37.1 Å². The van der Waals surface area contributed by atoms with Crippen LogP contribution in [0.25, 0.3) is 0 Å². The van der Waals surface area contributed by atoms with Crippen molar-refractivity contribution in [3.05, 3.63) is 63.1 Å². The molecule has 3 nitrogen and oxygen atoms in total. The zero-order valence-corrected chi connectivity index (χ0v) is 16.5. The summed E-state index contributed by atoms with van der Waals surface area (Å²) in [7, 11) is 0. The highest BCUT2D eigenvalue weighted by molar-refractivity contribution is 6.36. The molecule has 2 aromatic carbocycles. The second-order valence-corrected chi connectivity index (χ2v) is 8.10. The Morgan fingerprint density at radius 1 is 0.962 bits per heavy atom. The maximum atomic E-state index is 6.42. The van der Waals surface area contributed by atoms with Crippen LogP contribution in [-0.4, -0.2) is 11.9 Å². The fraction of sp³-hybridized carbons (Fsp3) is 0.350. The number of nitrogens with zero attached hydrogens (tertiary/aromatic N) is 1. The van der Waals surface area contributed by atoms with Gasteiger partial charge in [-0.3, -0.25) is 5.32 Å². The Morgan fingerprint density at radius 3 is 2.58 bits per heavy atom. The Balaban J connectivity index is 1.69. The second-order valence-electron chi connectivity index (χ2n) is 6.85. The Labute approximate surface area is 168 Å². The van der Waals surface area contributed by atoms with Crippen molar-refractivity contribution in [2.45, 2.75) is 37.9 Å². The topological polar surface area (TPSA) is 36.4 Å². The monoisotopic (exact) mass is 407 g/mol. The minimum atomic E-state index is -0.156. The number of anilines is 1. The van der Waals surface area contributed by atoms with Crippen LogP contribution >= 0.6 is 34.8 Å². The highest BCUT2D eigenvalue weighted by Gasteiger charge is 2.36. The van der Waals surface area contributed by atoms with E-state index in [1.165, 1.54) is 12.8 Å². The SMILES string of the molecule is Clc1ccc(NC2=NC(c3ccccc3Cl)NC3CCCCC23)c(Cl)c1. The van der Waals surface area contributed by atoms with E-state index in [0.29, 0.717) is 22.0 Å². The van der Waals surface area contributed by atoms with Crippen LogP contribution in [0.4, 0.5) is 5.69 Å². The van der Waals surface area contributed by atoms with Crippen LogP contribution in [-0.2, 0) is 0 Å². The van der Waals surface area contributed by atoms with E-state index in [9.17, 15) is 0 Å². The molecule has 0 radical (unpaired) electrons. The third-order valence-corrected chi connectivity index (χ3v) is 6.04. The number of halogens is 3. The molecule has 0 bridgehead atoms. The molecule has 6 heteroatoms. The number of hydrogen-bond donors (Lipinski definition) is 2. The number of hydrogen-bond acceptors (Lipinski definition) is 3. The van der Waals surface area contributed by atoms with Crippen molar-refractivity contribution in [1.29, 1.82) is 0 Å². The van der Waals surface area contributed by atoms with Crippen LogP contribution in [0.3, 0.4) is 0 Å². The predicted octanol–water partition coefficient (Wildman–Crippen LogP) is 6.32. The lowest BCUT2D eigenvalue weighted by Crippen LogP contribution is -2.49. The van der Waals surface area contributed by atoms with E-state index in [1.807, 2.05) is 36.4 Å². The summed E-state index contributed by atoms with van der Waals surface area (Å²) in [6.45, 7) is 0. The molecule has 0 aromatic heterocycles. The average Bonchev–Trinajstić information content (AvgIpc) is 2.64. The summed E-state index contributed by atoms with van der Waals surface area (Å²) in [4.78, 5) is 4.97. The van der Waals surface area contributed by atoms with E-state index >= 15 is 0 Å².